The fraction of sp³-hybridized carbons (Fsp3) is 0.500. The van der Waals surface area contributed by atoms with Gasteiger partial charge in [0.25, 0.3) is 5.91 Å². The predicted molar refractivity (Wildman–Crippen MR) is 96.0 cm³/mol. The summed E-state index contributed by atoms with van der Waals surface area (Å²) < 4.78 is 9.98. The van der Waals surface area contributed by atoms with Crippen LogP contribution in [0.25, 0.3) is 0 Å². The van der Waals surface area contributed by atoms with E-state index in [1.54, 1.807) is 24.3 Å². The SMILES string of the molecule is C[C@@H]1CCCC[C@H]1NC(=O)NC(=O)COC(=O)COc1ccc(Cl)cc1. The monoisotopic (exact) mass is 382 g/mol. The second-order valence-corrected chi connectivity index (χ2v) is 6.73. The number of nitrogens with one attached hydrogen (secondary N) is 2. The van der Waals surface area contributed by atoms with E-state index in [1.807, 2.05) is 0 Å². The Morgan fingerprint density at radius 1 is 1.12 bits per heavy atom. The summed E-state index contributed by atoms with van der Waals surface area (Å²) in [5, 5.41) is 5.51. The van der Waals surface area contributed by atoms with Crippen molar-refractivity contribution in [1.82, 2.24) is 10.6 Å². The number of rotatable bonds is 6. The van der Waals surface area contributed by atoms with Gasteiger partial charge in [-0.2, -0.15) is 0 Å². The molecule has 1 aromatic rings. The number of carbonyl (C=O) groups is 3. The number of carbonyl (C=O) groups excluding carboxylic acids is 3. The fourth-order valence-electron chi connectivity index (χ4n) is 2.76. The van der Waals surface area contributed by atoms with Gasteiger partial charge >= 0.3 is 12.0 Å². The van der Waals surface area contributed by atoms with E-state index in [2.05, 4.69) is 17.6 Å². The first-order valence-corrected chi connectivity index (χ1v) is 8.96. The molecule has 8 heteroatoms. The van der Waals surface area contributed by atoms with Gasteiger partial charge in [0.1, 0.15) is 5.75 Å². The molecule has 0 aromatic heterocycles. The van der Waals surface area contributed by atoms with Crippen LogP contribution in [-0.4, -0.2) is 37.2 Å². The number of amides is 3. The second kappa shape index (κ2) is 10.0. The highest BCUT2D eigenvalue weighted by molar-refractivity contribution is 6.30. The number of esters is 1. The van der Waals surface area contributed by atoms with Crippen molar-refractivity contribution < 1.29 is 23.9 Å². The number of hydrogen-bond donors (Lipinski definition) is 2. The molecule has 3 amide bonds. The maximum absolute atomic E-state index is 11.8. The number of ether oxygens (including phenoxy) is 2. The molecule has 26 heavy (non-hydrogen) atoms. The zero-order valence-electron chi connectivity index (χ0n) is 14.6. The van der Waals surface area contributed by atoms with E-state index in [9.17, 15) is 14.4 Å². The number of imide groups is 1. The normalized spacial score (nSPS) is 19.3. The van der Waals surface area contributed by atoms with E-state index in [4.69, 9.17) is 21.1 Å². The van der Waals surface area contributed by atoms with Crippen LogP contribution in [0.5, 0.6) is 5.75 Å². The molecular formula is C18H23ClN2O5. The lowest BCUT2D eigenvalue weighted by Gasteiger charge is -2.29. The van der Waals surface area contributed by atoms with Crippen molar-refractivity contribution in [1.29, 1.82) is 0 Å². The maximum Gasteiger partial charge on any atom is 0.344 e. The highest BCUT2D eigenvalue weighted by Crippen LogP contribution is 2.23. The van der Waals surface area contributed by atoms with Crippen LogP contribution in [0.2, 0.25) is 5.02 Å². The molecule has 1 aliphatic carbocycles. The fourth-order valence-corrected chi connectivity index (χ4v) is 2.88. The van der Waals surface area contributed by atoms with Crippen LogP contribution in [-0.2, 0) is 14.3 Å². The standard InChI is InChI=1S/C18H23ClN2O5/c1-12-4-2-3-5-15(12)20-18(24)21-16(22)10-26-17(23)11-25-14-8-6-13(19)7-9-14/h6-9,12,15H,2-5,10-11H2,1H3,(H2,20,21,22,24)/t12-,15-/m1/s1. The largest absolute Gasteiger partial charge is 0.482 e. The molecule has 2 atom stereocenters. The molecule has 0 radical (unpaired) electrons. The lowest BCUT2D eigenvalue weighted by atomic mass is 9.86. The van der Waals surface area contributed by atoms with Crippen molar-refractivity contribution in [3.8, 4) is 5.75 Å². The zero-order valence-corrected chi connectivity index (χ0v) is 15.4. The van der Waals surface area contributed by atoms with Crippen molar-refractivity contribution in [2.24, 2.45) is 5.92 Å². The third-order valence-electron chi connectivity index (χ3n) is 4.22. The number of hydrogen-bond acceptors (Lipinski definition) is 5. The average molecular weight is 383 g/mol. The quantitative estimate of drug-likeness (QED) is 0.738. The molecule has 2 rings (SSSR count). The highest BCUT2D eigenvalue weighted by Gasteiger charge is 2.23. The molecule has 0 saturated heterocycles. The summed E-state index contributed by atoms with van der Waals surface area (Å²) >= 11 is 5.75. The Balaban J connectivity index is 1.63. The summed E-state index contributed by atoms with van der Waals surface area (Å²) in [6.45, 7) is 1.19. The second-order valence-electron chi connectivity index (χ2n) is 6.29. The summed E-state index contributed by atoms with van der Waals surface area (Å²) in [6.07, 6.45) is 4.19. The predicted octanol–water partition coefficient (Wildman–Crippen LogP) is 2.67. The third-order valence-corrected chi connectivity index (χ3v) is 4.47. The summed E-state index contributed by atoms with van der Waals surface area (Å²) in [6, 6.07) is 5.97. The van der Waals surface area contributed by atoms with Gasteiger partial charge in [0.15, 0.2) is 13.2 Å². The average Bonchev–Trinajstić information content (AvgIpc) is 2.61. The lowest BCUT2D eigenvalue weighted by molar-refractivity contribution is -0.150. The summed E-state index contributed by atoms with van der Waals surface area (Å²) in [5.41, 5.74) is 0. The molecule has 0 spiro atoms. The van der Waals surface area contributed by atoms with Crippen LogP contribution in [0.3, 0.4) is 0 Å². The van der Waals surface area contributed by atoms with E-state index in [0.29, 0.717) is 16.7 Å². The van der Waals surface area contributed by atoms with Gasteiger partial charge in [-0.1, -0.05) is 31.4 Å². The topological polar surface area (TPSA) is 93.7 Å². The van der Waals surface area contributed by atoms with Crippen LogP contribution < -0.4 is 15.4 Å². The molecule has 0 aliphatic heterocycles. The van der Waals surface area contributed by atoms with Crippen molar-refractivity contribution >= 4 is 29.5 Å². The van der Waals surface area contributed by atoms with Crippen molar-refractivity contribution in [2.45, 2.75) is 38.6 Å². The summed E-state index contributed by atoms with van der Waals surface area (Å²) in [7, 11) is 0. The Morgan fingerprint density at radius 3 is 2.50 bits per heavy atom. The van der Waals surface area contributed by atoms with Crippen molar-refractivity contribution in [3.05, 3.63) is 29.3 Å². The Bertz CT molecular complexity index is 635. The molecule has 7 nitrogen and oxygen atoms in total. The number of urea groups is 1. The molecule has 1 fully saturated rings. The minimum absolute atomic E-state index is 0.0619. The number of halogens is 1. The number of benzene rings is 1. The summed E-state index contributed by atoms with van der Waals surface area (Å²) in [5.74, 6) is -0.563. The smallest absolute Gasteiger partial charge is 0.344 e. The van der Waals surface area contributed by atoms with Gasteiger partial charge in [-0.3, -0.25) is 10.1 Å². The van der Waals surface area contributed by atoms with E-state index >= 15 is 0 Å². The van der Waals surface area contributed by atoms with Gasteiger partial charge in [-0.15, -0.1) is 0 Å². The molecule has 2 N–H and O–H groups in total. The van der Waals surface area contributed by atoms with Gasteiger partial charge in [-0.05, 0) is 43.0 Å². The molecule has 1 aromatic carbocycles. The first-order chi connectivity index (χ1) is 12.4. The van der Waals surface area contributed by atoms with Crippen LogP contribution >= 0.6 is 11.6 Å². The van der Waals surface area contributed by atoms with E-state index in [-0.39, 0.29) is 12.6 Å². The van der Waals surface area contributed by atoms with Gasteiger partial charge in [0.2, 0.25) is 0 Å². The molecular weight excluding hydrogens is 360 g/mol. The van der Waals surface area contributed by atoms with E-state index < -0.39 is 24.5 Å². The zero-order chi connectivity index (χ0) is 18.9. The van der Waals surface area contributed by atoms with Crippen LogP contribution in [0.15, 0.2) is 24.3 Å². The third kappa shape index (κ3) is 6.92. The maximum atomic E-state index is 11.8. The molecule has 1 aliphatic rings. The van der Waals surface area contributed by atoms with Crippen molar-refractivity contribution in [3.63, 3.8) is 0 Å². The summed E-state index contributed by atoms with van der Waals surface area (Å²) in [4.78, 5) is 35.1. The minimum atomic E-state index is -0.712. The van der Waals surface area contributed by atoms with Crippen LogP contribution in [0.1, 0.15) is 32.6 Å². The Labute approximate surface area is 157 Å². The lowest BCUT2D eigenvalue weighted by Crippen LogP contribution is -2.48. The molecule has 0 heterocycles. The van der Waals surface area contributed by atoms with Crippen LogP contribution in [0.4, 0.5) is 4.79 Å². The van der Waals surface area contributed by atoms with E-state index in [1.165, 1.54) is 0 Å². The Morgan fingerprint density at radius 2 is 1.81 bits per heavy atom. The van der Waals surface area contributed by atoms with Gasteiger partial charge in [0.05, 0.1) is 0 Å². The first-order valence-electron chi connectivity index (χ1n) is 8.58. The molecule has 0 unspecified atom stereocenters. The minimum Gasteiger partial charge on any atom is -0.482 e. The highest BCUT2D eigenvalue weighted by atomic mass is 35.5. The van der Waals surface area contributed by atoms with Crippen LogP contribution in [0, 0.1) is 5.92 Å². The Kier molecular flexibility index (Phi) is 7.72. The van der Waals surface area contributed by atoms with Gasteiger partial charge < -0.3 is 14.8 Å². The van der Waals surface area contributed by atoms with Crippen molar-refractivity contribution in [2.75, 3.05) is 13.2 Å². The molecule has 0 bridgehead atoms. The van der Waals surface area contributed by atoms with Gasteiger partial charge in [-0.25, -0.2) is 9.59 Å². The molecule has 142 valence electrons. The molecule has 1 saturated carbocycles. The first kappa shape index (κ1) is 20.0. The Hall–Kier alpha value is -2.28. The van der Waals surface area contributed by atoms with Gasteiger partial charge in [0, 0.05) is 11.1 Å². The van der Waals surface area contributed by atoms with E-state index in [0.717, 1.165) is 25.7 Å².